The maximum absolute atomic E-state index is 11.7. The van der Waals surface area contributed by atoms with Gasteiger partial charge in [-0.15, -0.1) is 0 Å². The molecular formula is C18H24O6. The first-order valence-electron chi connectivity index (χ1n) is 7.86. The fourth-order valence-electron chi connectivity index (χ4n) is 2.86. The predicted octanol–water partition coefficient (Wildman–Crippen LogP) is 2.69. The van der Waals surface area contributed by atoms with Crippen LogP contribution in [0.1, 0.15) is 49.5 Å². The zero-order chi connectivity index (χ0) is 18.1. The fourth-order valence-corrected chi connectivity index (χ4v) is 2.86. The first kappa shape index (κ1) is 18.1. The van der Waals surface area contributed by atoms with Gasteiger partial charge < -0.3 is 24.8 Å². The molecule has 1 aliphatic rings. The van der Waals surface area contributed by atoms with Gasteiger partial charge in [-0.1, -0.05) is 11.6 Å². The number of fused-ring (bicyclic) bond motifs is 1. The van der Waals surface area contributed by atoms with Crippen molar-refractivity contribution in [3.05, 3.63) is 28.8 Å². The van der Waals surface area contributed by atoms with Gasteiger partial charge in [0.1, 0.15) is 28.4 Å². The fraction of sp³-hybridized carbons (Fsp3) is 0.500. The lowest BCUT2D eigenvalue weighted by atomic mass is 9.85. The number of aromatic hydroxyl groups is 2. The molecule has 1 aromatic carbocycles. The Morgan fingerprint density at radius 2 is 2.12 bits per heavy atom. The van der Waals surface area contributed by atoms with Crippen LogP contribution in [0.4, 0.5) is 0 Å². The van der Waals surface area contributed by atoms with Crippen LogP contribution in [0.3, 0.4) is 0 Å². The van der Waals surface area contributed by atoms with Gasteiger partial charge in [-0.2, -0.15) is 0 Å². The Bertz CT molecular complexity index is 675. The van der Waals surface area contributed by atoms with Gasteiger partial charge in [-0.3, -0.25) is 0 Å². The number of hydrogen-bond donors (Lipinski definition) is 3. The van der Waals surface area contributed by atoms with Gasteiger partial charge in [-0.05, 0) is 33.6 Å². The molecule has 2 atom stereocenters. The largest absolute Gasteiger partial charge is 0.507 e. The number of rotatable bonds is 4. The quantitative estimate of drug-likeness (QED) is 0.578. The molecule has 1 aliphatic heterocycles. The van der Waals surface area contributed by atoms with Crippen molar-refractivity contribution in [2.45, 2.75) is 51.7 Å². The average Bonchev–Trinajstić information content (AvgIpc) is 2.49. The second-order valence-electron chi connectivity index (χ2n) is 6.54. The van der Waals surface area contributed by atoms with Crippen LogP contribution in [-0.2, 0) is 11.2 Å². The molecule has 1 heterocycles. The van der Waals surface area contributed by atoms with Crippen LogP contribution in [0.25, 0.3) is 0 Å². The first-order valence-corrected chi connectivity index (χ1v) is 7.86. The average molecular weight is 336 g/mol. The van der Waals surface area contributed by atoms with Gasteiger partial charge in [0.05, 0.1) is 13.2 Å². The van der Waals surface area contributed by atoms with E-state index in [0.29, 0.717) is 12.0 Å². The summed E-state index contributed by atoms with van der Waals surface area (Å²) in [5.74, 6) is -1.41. The number of aliphatic hydroxyl groups is 1. The van der Waals surface area contributed by atoms with Crippen molar-refractivity contribution < 1.29 is 29.6 Å². The van der Waals surface area contributed by atoms with Gasteiger partial charge in [0.15, 0.2) is 0 Å². The Morgan fingerprint density at radius 3 is 2.71 bits per heavy atom. The van der Waals surface area contributed by atoms with Crippen LogP contribution < -0.4 is 4.74 Å². The molecule has 0 amide bonds. The molecule has 1 aromatic rings. The zero-order valence-corrected chi connectivity index (χ0v) is 14.4. The Balaban J connectivity index is 2.37. The van der Waals surface area contributed by atoms with Crippen LogP contribution in [-0.4, -0.2) is 40.1 Å². The minimum absolute atomic E-state index is 0.122. The molecule has 0 spiro atoms. The number of ether oxygens (including phenoxy) is 2. The lowest BCUT2D eigenvalue weighted by molar-refractivity contribution is -0.0594. The van der Waals surface area contributed by atoms with Crippen LogP contribution in [0.2, 0.25) is 0 Å². The van der Waals surface area contributed by atoms with Crippen molar-refractivity contribution >= 4 is 5.97 Å². The van der Waals surface area contributed by atoms with E-state index >= 15 is 0 Å². The van der Waals surface area contributed by atoms with Gasteiger partial charge in [-0.25, -0.2) is 4.79 Å². The summed E-state index contributed by atoms with van der Waals surface area (Å²) in [5.41, 5.74) is 0.313. The summed E-state index contributed by atoms with van der Waals surface area (Å²) in [7, 11) is 1.16. The van der Waals surface area contributed by atoms with E-state index in [2.05, 4.69) is 10.8 Å². The standard InChI is InChI=1S/C18H24O6/c1-10(2)6-5-7-18(3)14(20)8-11-13(24-18)9-12(19)15(16(11)21)17(22)23-4/h6,9,14,19-21H,5,7-8H2,1-4H3. The van der Waals surface area contributed by atoms with E-state index in [-0.39, 0.29) is 17.7 Å². The van der Waals surface area contributed by atoms with E-state index in [4.69, 9.17) is 4.74 Å². The van der Waals surface area contributed by atoms with Crippen molar-refractivity contribution in [3.8, 4) is 17.2 Å². The Kier molecular flexibility index (Phi) is 5.08. The zero-order valence-electron chi connectivity index (χ0n) is 14.4. The highest BCUT2D eigenvalue weighted by atomic mass is 16.5. The van der Waals surface area contributed by atoms with Crippen LogP contribution >= 0.6 is 0 Å². The minimum atomic E-state index is -0.850. The predicted molar refractivity (Wildman–Crippen MR) is 88.5 cm³/mol. The number of benzene rings is 1. The molecule has 0 aliphatic carbocycles. The van der Waals surface area contributed by atoms with Crippen molar-refractivity contribution in [1.82, 2.24) is 0 Å². The maximum atomic E-state index is 11.7. The molecule has 3 N–H and O–H groups in total. The highest BCUT2D eigenvalue weighted by Crippen LogP contribution is 2.45. The van der Waals surface area contributed by atoms with Crippen LogP contribution in [0.15, 0.2) is 17.7 Å². The second kappa shape index (κ2) is 6.73. The summed E-state index contributed by atoms with van der Waals surface area (Å²) in [5, 5.41) is 30.8. The van der Waals surface area contributed by atoms with E-state index in [9.17, 15) is 20.1 Å². The first-order chi connectivity index (χ1) is 11.2. The van der Waals surface area contributed by atoms with E-state index in [1.165, 1.54) is 11.6 Å². The minimum Gasteiger partial charge on any atom is -0.507 e. The second-order valence-corrected chi connectivity index (χ2v) is 6.54. The molecule has 0 saturated carbocycles. The molecule has 2 unspecified atom stereocenters. The number of aliphatic hydroxyl groups excluding tert-OH is 1. The van der Waals surface area contributed by atoms with E-state index < -0.39 is 29.2 Å². The number of carbonyl (C=O) groups is 1. The lowest BCUT2D eigenvalue weighted by Gasteiger charge is -2.40. The summed E-state index contributed by atoms with van der Waals surface area (Å²) in [6.45, 7) is 5.79. The number of phenols is 2. The molecule has 0 bridgehead atoms. The van der Waals surface area contributed by atoms with Gasteiger partial charge in [0.25, 0.3) is 0 Å². The Morgan fingerprint density at radius 1 is 1.46 bits per heavy atom. The maximum Gasteiger partial charge on any atom is 0.345 e. The molecule has 24 heavy (non-hydrogen) atoms. The monoisotopic (exact) mass is 336 g/mol. The van der Waals surface area contributed by atoms with Crippen molar-refractivity contribution in [2.75, 3.05) is 7.11 Å². The molecule has 0 fully saturated rings. The molecule has 2 rings (SSSR count). The number of hydrogen-bond acceptors (Lipinski definition) is 6. The smallest absolute Gasteiger partial charge is 0.345 e. The lowest BCUT2D eigenvalue weighted by Crippen LogP contribution is -2.48. The summed E-state index contributed by atoms with van der Waals surface area (Å²) >= 11 is 0. The topological polar surface area (TPSA) is 96.2 Å². The van der Waals surface area contributed by atoms with Gasteiger partial charge in [0.2, 0.25) is 0 Å². The highest BCUT2D eigenvalue weighted by Gasteiger charge is 2.41. The number of esters is 1. The molecule has 6 heteroatoms. The highest BCUT2D eigenvalue weighted by molar-refractivity contribution is 5.96. The normalized spacial score (nSPS) is 22.3. The summed E-state index contributed by atoms with van der Waals surface area (Å²) in [6, 6.07) is 1.28. The summed E-state index contributed by atoms with van der Waals surface area (Å²) < 4.78 is 10.5. The Hall–Kier alpha value is -2.21. The number of methoxy groups -OCH3 is 1. The summed E-state index contributed by atoms with van der Waals surface area (Å²) in [6.07, 6.45) is 2.65. The van der Waals surface area contributed by atoms with Gasteiger partial charge >= 0.3 is 5.97 Å². The van der Waals surface area contributed by atoms with Crippen molar-refractivity contribution in [2.24, 2.45) is 0 Å². The third-order valence-electron chi connectivity index (χ3n) is 4.37. The molecule has 0 aromatic heterocycles. The molecule has 0 radical (unpaired) electrons. The van der Waals surface area contributed by atoms with Crippen LogP contribution in [0.5, 0.6) is 17.2 Å². The van der Waals surface area contributed by atoms with E-state index in [1.807, 2.05) is 13.8 Å². The molecule has 6 nitrogen and oxygen atoms in total. The number of carbonyl (C=O) groups excluding carboxylic acids is 1. The van der Waals surface area contributed by atoms with Crippen LogP contribution in [0, 0.1) is 0 Å². The van der Waals surface area contributed by atoms with Crippen molar-refractivity contribution in [1.29, 1.82) is 0 Å². The molecule has 132 valence electrons. The van der Waals surface area contributed by atoms with Gasteiger partial charge in [0, 0.05) is 18.1 Å². The third-order valence-corrected chi connectivity index (χ3v) is 4.37. The van der Waals surface area contributed by atoms with Crippen molar-refractivity contribution in [3.63, 3.8) is 0 Å². The third kappa shape index (κ3) is 3.33. The molecule has 0 saturated heterocycles. The summed E-state index contributed by atoms with van der Waals surface area (Å²) in [4.78, 5) is 11.7. The SMILES string of the molecule is COC(=O)c1c(O)cc2c(c1O)CC(O)C(C)(CCC=C(C)C)O2. The number of phenolic OH excluding ortho intramolecular Hbond substituents is 2. The Labute approximate surface area is 141 Å². The molecular weight excluding hydrogens is 312 g/mol. The van der Waals surface area contributed by atoms with E-state index in [0.717, 1.165) is 13.5 Å². The number of allylic oxidation sites excluding steroid dienone is 2. The van der Waals surface area contributed by atoms with E-state index in [1.54, 1.807) is 6.92 Å².